The van der Waals surface area contributed by atoms with Crippen LogP contribution in [0.3, 0.4) is 0 Å². The molecule has 2 amide bonds. The van der Waals surface area contributed by atoms with E-state index in [9.17, 15) is 14.7 Å². The molecule has 0 spiro atoms. The summed E-state index contributed by atoms with van der Waals surface area (Å²) >= 11 is 0. The van der Waals surface area contributed by atoms with Gasteiger partial charge in [-0.15, -0.1) is 0 Å². The molecule has 2 saturated heterocycles. The third kappa shape index (κ3) is 3.50. The van der Waals surface area contributed by atoms with Crippen LogP contribution in [0.15, 0.2) is 48.5 Å². The molecular formula is C22H23N5O3. The lowest BCUT2D eigenvalue weighted by atomic mass is 10.1. The van der Waals surface area contributed by atoms with E-state index in [1.807, 2.05) is 48.5 Å². The quantitative estimate of drug-likeness (QED) is 0.605. The molecule has 2 unspecified atom stereocenters. The average Bonchev–Trinajstić information content (AvgIpc) is 3.46. The number of piperazine rings is 1. The number of amides is 2. The monoisotopic (exact) mass is 405 g/mol. The van der Waals surface area contributed by atoms with Crippen molar-refractivity contribution in [2.24, 2.45) is 0 Å². The van der Waals surface area contributed by atoms with Gasteiger partial charge >= 0.3 is 6.09 Å². The third-order valence-corrected chi connectivity index (χ3v) is 6.06. The number of H-pyrrole nitrogens is 1. The van der Waals surface area contributed by atoms with Crippen molar-refractivity contribution in [3.63, 3.8) is 0 Å². The molecule has 2 fully saturated rings. The molecule has 3 aromatic rings. The van der Waals surface area contributed by atoms with Crippen LogP contribution in [0.25, 0.3) is 11.0 Å². The zero-order valence-corrected chi connectivity index (χ0v) is 16.4. The van der Waals surface area contributed by atoms with Crippen molar-refractivity contribution in [2.45, 2.75) is 31.6 Å². The van der Waals surface area contributed by atoms with Crippen LogP contribution in [0, 0.1) is 0 Å². The summed E-state index contributed by atoms with van der Waals surface area (Å²) in [5.41, 5.74) is 3.56. The van der Waals surface area contributed by atoms with Crippen molar-refractivity contribution in [3.05, 3.63) is 65.5 Å². The Bertz CT molecular complexity index is 1060. The molecule has 30 heavy (non-hydrogen) atoms. The molecule has 2 atom stereocenters. The van der Waals surface area contributed by atoms with E-state index in [4.69, 9.17) is 0 Å². The van der Waals surface area contributed by atoms with Gasteiger partial charge in [0.05, 0.1) is 17.6 Å². The van der Waals surface area contributed by atoms with E-state index in [1.54, 1.807) is 4.90 Å². The number of carboxylic acid groups (broad SMARTS) is 1. The van der Waals surface area contributed by atoms with Gasteiger partial charge in [-0.05, 0) is 36.2 Å². The Morgan fingerprint density at radius 1 is 1.10 bits per heavy atom. The zero-order chi connectivity index (χ0) is 20.7. The number of fused-ring (bicyclic) bond motifs is 3. The van der Waals surface area contributed by atoms with Gasteiger partial charge in [-0.25, -0.2) is 9.78 Å². The maximum absolute atomic E-state index is 12.5. The van der Waals surface area contributed by atoms with Crippen molar-refractivity contribution in [3.8, 4) is 0 Å². The first-order chi connectivity index (χ1) is 14.6. The number of aromatic amines is 1. The van der Waals surface area contributed by atoms with E-state index < -0.39 is 6.09 Å². The van der Waals surface area contributed by atoms with Crippen molar-refractivity contribution in [1.82, 2.24) is 25.1 Å². The van der Waals surface area contributed by atoms with Gasteiger partial charge in [-0.1, -0.05) is 24.3 Å². The van der Waals surface area contributed by atoms with E-state index in [0.717, 1.165) is 41.9 Å². The number of rotatable bonds is 5. The third-order valence-electron chi connectivity index (χ3n) is 6.06. The van der Waals surface area contributed by atoms with Crippen molar-refractivity contribution >= 4 is 23.0 Å². The number of carbonyl (C=O) groups is 2. The summed E-state index contributed by atoms with van der Waals surface area (Å²) in [6.45, 7) is 2.47. The lowest BCUT2D eigenvalue weighted by molar-refractivity contribution is 0.0949. The van der Waals surface area contributed by atoms with Gasteiger partial charge in [0.15, 0.2) is 0 Å². The van der Waals surface area contributed by atoms with Crippen LogP contribution in [0.1, 0.15) is 28.2 Å². The normalized spacial score (nSPS) is 20.7. The summed E-state index contributed by atoms with van der Waals surface area (Å²) in [4.78, 5) is 35.2. The largest absolute Gasteiger partial charge is 0.465 e. The van der Waals surface area contributed by atoms with Crippen LogP contribution in [0.5, 0.6) is 0 Å². The van der Waals surface area contributed by atoms with Crippen LogP contribution >= 0.6 is 0 Å². The van der Waals surface area contributed by atoms with Crippen molar-refractivity contribution in [2.75, 3.05) is 13.1 Å². The van der Waals surface area contributed by atoms with E-state index >= 15 is 0 Å². The summed E-state index contributed by atoms with van der Waals surface area (Å²) in [6.07, 6.45) is 0.0920. The van der Waals surface area contributed by atoms with Gasteiger partial charge in [0.25, 0.3) is 5.91 Å². The molecule has 2 aromatic carbocycles. The molecule has 0 radical (unpaired) electrons. The van der Waals surface area contributed by atoms with Gasteiger partial charge in [0.1, 0.15) is 5.82 Å². The molecule has 5 rings (SSSR count). The smallest absolute Gasteiger partial charge is 0.407 e. The number of aromatic nitrogens is 2. The first-order valence-corrected chi connectivity index (χ1v) is 10.1. The zero-order valence-electron chi connectivity index (χ0n) is 16.4. The molecule has 3 heterocycles. The van der Waals surface area contributed by atoms with Crippen molar-refractivity contribution in [1.29, 1.82) is 0 Å². The molecular weight excluding hydrogens is 382 g/mol. The number of benzene rings is 2. The second-order valence-corrected chi connectivity index (χ2v) is 7.99. The highest BCUT2D eigenvalue weighted by Gasteiger charge is 2.45. The number of nitrogens with zero attached hydrogens (tertiary/aromatic N) is 3. The van der Waals surface area contributed by atoms with E-state index in [2.05, 4.69) is 20.2 Å². The van der Waals surface area contributed by atoms with Gasteiger partial charge in [0.2, 0.25) is 0 Å². The van der Waals surface area contributed by atoms with Crippen LogP contribution in [-0.4, -0.2) is 62.0 Å². The number of nitrogens with one attached hydrogen (secondary N) is 2. The highest BCUT2D eigenvalue weighted by Crippen LogP contribution is 2.31. The SMILES string of the molecule is O=C(NCc1nc2ccccc2[nH]1)c1ccc(CN2CC3CC2CN3C(=O)O)cc1. The average molecular weight is 405 g/mol. The minimum absolute atomic E-state index is 0.107. The topological polar surface area (TPSA) is 102 Å². The Labute approximate surface area is 173 Å². The summed E-state index contributed by atoms with van der Waals surface area (Å²) < 4.78 is 0. The molecule has 154 valence electrons. The predicted molar refractivity (Wildman–Crippen MR) is 111 cm³/mol. The first kappa shape index (κ1) is 18.6. The van der Waals surface area contributed by atoms with Crippen LogP contribution in [-0.2, 0) is 13.1 Å². The molecule has 2 bridgehead atoms. The molecule has 3 N–H and O–H groups in total. The standard InChI is InChI=1S/C22H23N5O3/c28-21(23-10-20-24-18-3-1-2-4-19(18)25-20)15-7-5-14(6-8-15)11-26-12-17-9-16(26)13-27(17)22(29)30/h1-8,16-17H,9-13H2,(H,23,28)(H,24,25)(H,29,30). The number of likely N-dealkylation sites (tertiary alicyclic amines) is 2. The summed E-state index contributed by atoms with van der Waals surface area (Å²) in [7, 11) is 0. The Balaban J connectivity index is 1.16. The van der Waals surface area contributed by atoms with Gasteiger partial charge < -0.3 is 20.3 Å². The molecule has 2 aliphatic heterocycles. The van der Waals surface area contributed by atoms with Crippen molar-refractivity contribution < 1.29 is 14.7 Å². The van der Waals surface area contributed by atoms with Crippen LogP contribution < -0.4 is 5.32 Å². The second-order valence-electron chi connectivity index (χ2n) is 7.99. The van der Waals surface area contributed by atoms with E-state index in [0.29, 0.717) is 18.7 Å². The fraction of sp³-hybridized carbons (Fsp3) is 0.318. The minimum atomic E-state index is -0.819. The maximum atomic E-state index is 12.5. The molecule has 0 aliphatic carbocycles. The van der Waals surface area contributed by atoms with Gasteiger partial charge in [-0.2, -0.15) is 0 Å². The van der Waals surface area contributed by atoms with Gasteiger partial charge in [-0.3, -0.25) is 9.69 Å². The number of imidazole rings is 1. The number of hydrogen-bond acceptors (Lipinski definition) is 4. The number of para-hydroxylation sites is 2. The van der Waals surface area contributed by atoms with Crippen LogP contribution in [0.4, 0.5) is 4.79 Å². The highest BCUT2D eigenvalue weighted by molar-refractivity contribution is 5.94. The van der Waals surface area contributed by atoms with E-state index in [1.165, 1.54) is 0 Å². The lowest BCUT2D eigenvalue weighted by Gasteiger charge is -2.32. The Kier molecular flexibility index (Phi) is 4.63. The van der Waals surface area contributed by atoms with E-state index in [-0.39, 0.29) is 18.0 Å². The molecule has 2 aliphatic rings. The van der Waals surface area contributed by atoms with Crippen LogP contribution in [0.2, 0.25) is 0 Å². The van der Waals surface area contributed by atoms with Gasteiger partial charge in [0, 0.05) is 37.3 Å². The second kappa shape index (κ2) is 7.46. The maximum Gasteiger partial charge on any atom is 0.407 e. The Hall–Kier alpha value is -3.39. The summed E-state index contributed by atoms with van der Waals surface area (Å²) in [6, 6.07) is 15.8. The fourth-order valence-electron chi connectivity index (χ4n) is 4.53. The first-order valence-electron chi connectivity index (χ1n) is 10.1. The Morgan fingerprint density at radius 2 is 1.90 bits per heavy atom. The number of carbonyl (C=O) groups excluding carboxylic acids is 1. The molecule has 8 heteroatoms. The summed E-state index contributed by atoms with van der Waals surface area (Å²) in [5, 5.41) is 12.1. The molecule has 0 saturated carbocycles. The predicted octanol–water partition coefficient (Wildman–Crippen LogP) is 2.43. The summed E-state index contributed by atoms with van der Waals surface area (Å²) in [5.74, 6) is 0.583. The minimum Gasteiger partial charge on any atom is -0.465 e. The molecule has 8 nitrogen and oxygen atoms in total. The Morgan fingerprint density at radius 3 is 2.60 bits per heavy atom. The fourth-order valence-corrected chi connectivity index (χ4v) is 4.53. The molecule has 1 aromatic heterocycles. The highest BCUT2D eigenvalue weighted by atomic mass is 16.4. The number of hydrogen-bond donors (Lipinski definition) is 3. The lowest BCUT2D eigenvalue weighted by Crippen LogP contribution is -2.47.